The highest BCUT2D eigenvalue weighted by Crippen LogP contribution is 2.39. The third kappa shape index (κ3) is 15.4. The topological polar surface area (TPSA) is 243 Å². The van der Waals surface area contributed by atoms with Crippen molar-refractivity contribution in [2.75, 3.05) is 47.2 Å². The number of aliphatic hydroxyl groups is 4. The Morgan fingerprint density at radius 1 is 0.829 bits per heavy atom. The molecule has 5 aliphatic heterocycles. The summed E-state index contributed by atoms with van der Waals surface area (Å²) in [6, 6.07) is -1.19. The van der Waals surface area contributed by atoms with E-state index in [0.29, 0.717) is 63.4 Å². The van der Waals surface area contributed by atoms with Crippen LogP contribution >= 0.6 is 0 Å². The Balaban J connectivity index is 1.31. The number of methoxy groups -OCH3 is 2. The minimum absolute atomic E-state index is 0.0351. The van der Waals surface area contributed by atoms with Gasteiger partial charge in [-0.2, -0.15) is 0 Å². The molecule has 0 aromatic carbocycles. The van der Waals surface area contributed by atoms with E-state index in [1.807, 2.05) is 51.2 Å². The first-order chi connectivity index (χ1) is 36.2. The van der Waals surface area contributed by atoms with E-state index >= 15 is 0 Å². The van der Waals surface area contributed by atoms with Crippen LogP contribution in [0, 0.1) is 35.5 Å². The molecule has 6 rings (SSSR count). The van der Waals surface area contributed by atoms with Gasteiger partial charge in [-0.1, -0.05) is 71.1 Å². The molecule has 18 heteroatoms. The average molecular weight is 1070 g/mol. The van der Waals surface area contributed by atoms with Gasteiger partial charge >= 0.3 is 5.97 Å². The predicted octanol–water partition coefficient (Wildman–Crippen LogP) is 5.09. The first kappa shape index (κ1) is 61.7. The van der Waals surface area contributed by atoms with Crippen LogP contribution in [0.25, 0.3) is 0 Å². The van der Waals surface area contributed by atoms with Crippen LogP contribution in [-0.4, -0.2) is 181 Å². The maximum Gasteiger partial charge on any atom is 0.329 e. The maximum atomic E-state index is 14.6. The van der Waals surface area contributed by atoms with E-state index in [2.05, 4.69) is 0 Å². The number of piperidine rings is 1. The van der Waals surface area contributed by atoms with Gasteiger partial charge in [-0.05, 0) is 107 Å². The summed E-state index contributed by atoms with van der Waals surface area (Å²) in [5.41, 5.74) is 1.17. The molecule has 0 aromatic rings. The van der Waals surface area contributed by atoms with Crippen molar-refractivity contribution in [3.05, 3.63) is 47.6 Å². The molecule has 1 amide bonds. The fraction of sp³-hybridized carbons (Fsp3) is 0.776. The number of Topliss-reactive ketones (excluding diaryl/α,β-unsaturated/α-hetero) is 3. The third-order valence-corrected chi connectivity index (χ3v) is 16.9. The molecule has 1 saturated carbocycles. The summed E-state index contributed by atoms with van der Waals surface area (Å²) in [5.74, 6) is -8.45. The lowest BCUT2D eigenvalue weighted by Crippen LogP contribution is -2.61. The van der Waals surface area contributed by atoms with Crippen LogP contribution in [0.2, 0.25) is 0 Å². The highest BCUT2D eigenvalue weighted by atomic mass is 16.7. The predicted molar refractivity (Wildman–Crippen MR) is 279 cm³/mol. The zero-order chi connectivity index (χ0) is 55.4. The van der Waals surface area contributed by atoms with E-state index in [9.17, 15) is 44.4 Å². The number of ether oxygens (including phenoxy) is 8. The van der Waals surface area contributed by atoms with Crippen LogP contribution in [0.15, 0.2) is 47.6 Å². The van der Waals surface area contributed by atoms with Crippen LogP contribution in [-0.2, 0) is 61.9 Å². The fourth-order valence-electron chi connectivity index (χ4n) is 12.1. The van der Waals surface area contributed by atoms with Gasteiger partial charge in [-0.15, -0.1) is 0 Å². The molecule has 2 bridgehead atoms. The SMILES string of the molecule is CO[C@@H]1C[C@H](C[C@@H](C)[C@@H]2CC(=O)[C@H](C)/C=C(\C)[C@@H](O)[C@@H](OC)C(=O)[C@H](C)C[C@H](C)/C=C/C=C/C=C(\C)[C@@H](O[C@@H]3CO[C@H]4[C@@H]3OC[C@@H]4OCCO)C[C@@H]3CC[C@@H](C)[C@@](O)(O3)C(=O)C(=O)N3CCCC[C@H]3C(=O)O2)CC[C@H]1O. The summed E-state index contributed by atoms with van der Waals surface area (Å²) in [7, 11) is 2.93. The van der Waals surface area contributed by atoms with Crippen molar-refractivity contribution in [2.45, 2.75) is 204 Å². The molecule has 4 N–H and O–H groups in total. The number of hydrogen-bond acceptors (Lipinski definition) is 17. The van der Waals surface area contributed by atoms with E-state index in [1.165, 1.54) is 12.0 Å². The van der Waals surface area contributed by atoms with Gasteiger partial charge in [0.2, 0.25) is 5.79 Å². The van der Waals surface area contributed by atoms with Gasteiger partial charge < -0.3 is 63.2 Å². The lowest BCUT2D eigenvalue weighted by Gasteiger charge is -2.43. The standard InChI is InChI=1S/C58H89NO17/c1-33-15-11-10-12-16-34(2)45(74-49-32-73-52-48(71-24-23-60)31-72-53(49)52)29-41-20-18-39(7)58(68,76-41)55(65)56(66)59-22-14-13-17-42(59)57(67)75-46(36(4)27-40-19-21-43(61)47(28-40)69-8)30-44(62)35(3)26-38(6)51(64)54(70-9)50(63)37(5)25-33/h10-12,15-16,26,33,35-37,39-43,45-49,51-54,60-61,64,68H,13-14,17-25,27-32H2,1-9H3/b12-10+,15-11+,34-16+,38-26+/t33-,35-,36-,37-,39-,40+,41+,42+,43-,45+,46+,47-,48+,49-,51-,52-,53-,54+,58-/m1/s1. The summed E-state index contributed by atoms with van der Waals surface area (Å²) in [4.78, 5) is 73.0. The zero-order valence-corrected chi connectivity index (χ0v) is 46.4. The number of carbonyl (C=O) groups is 5. The van der Waals surface area contributed by atoms with E-state index in [4.69, 9.17) is 37.9 Å². The van der Waals surface area contributed by atoms with Crippen molar-refractivity contribution >= 4 is 29.2 Å². The molecule has 5 fully saturated rings. The van der Waals surface area contributed by atoms with Crippen LogP contribution in [0.4, 0.5) is 0 Å². The average Bonchev–Trinajstić information content (AvgIpc) is 4.00. The number of esters is 1. The molecule has 6 aliphatic rings. The van der Waals surface area contributed by atoms with Crippen molar-refractivity contribution in [2.24, 2.45) is 35.5 Å². The van der Waals surface area contributed by atoms with E-state index < -0.39 is 102 Å². The number of ketones is 3. The number of cyclic esters (lactones) is 1. The molecule has 19 atom stereocenters. The molecule has 5 heterocycles. The second-order valence-electron chi connectivity index (χ2n) is 22.8. The Morgan fingerprint density at radius 3 is 2.26 bits per heavy atom. The monoisotopic (exact) mass is 1070 g/mol. The number of amides is 1. The second-order valence-corrected chi connectivity index (χ2v) is 22.8. The van der Waals surface area contributed by atoms with Gasteiger partial charge in [-0.25, -0.2) is 4.79 Å². The summed E-state index contributed by atoms with van der Waals surface area (Å²) >= 11 is 0. The van der Waals surface area contributed by atoms with E-state index in [0.717, 1.165) is 5.57 Å². The summed E-state index contributed by atoms with van der Waals surface area (Å²) in [5, 5.41) is 43.8. The van der Waals surface area contributed by atoms with Crippen LogP contribution in [0.5, 0.6) is 0 Å². The molecular weight excluding hydrogens is 983 g/mol. The molecular formula is C58H89NO17. The fourth-order valence-corrected chi connectivity index (χ4v) is 12.1. The minimum atomic E-state index is -2.53. The molecule has 428 valence electrons. The van der Waals surface area contributed by atoms with Gasteiger partial charge in [0.15, 0.2) is 5.78 Å². The molecule has 18 nitrogen and oxygen atoms in total. The number of allylic oxidation sites excluding steroid dienone is 6. The van der Waals surface area contributed by atoms with Gasteiger partial charge in [0.25, 0.3) is 11.7 Å². The molecule has 0 unspecified atom stereocenters. The number of aliphatic hydroxyl groups excluding tert-OH is 3. The molecule has 0 radical (unpaired) electrons. The van der Waals surface area contributed by atoms with Crippen LogP contribution in [0.1, 0.15) is 126 Å². The summed E-state index contributed by atoms with van der Waals surface area (Å²) in [6.07, 6.45) is 8.40. The van der Waals surface area contributed by atoms with Crippen molar-refractivity contribution in [3.63, 3.8) is 0 Å². The lowest BCUT2D eigenvalue weighted by molar-refractivity contribution is -0.266. The molecule has 0 aromatic heterocycles. The zero-order valence-electron chi connectivity index (χ0n) is 46.4. The minimum Gasteiger partial charge on any atom is -0.460 e. The lowest BCUT2D eigenvalue weighted by atomic mass is 9.78. The highest BCUT2D eigenvalue weighted by molar-refractivity contribution is 6.39. The first-order valence-electron chi connectivity index (χ1n) is 28.0. The van der Waals surface area contributed by atoms with Crippen LogP contribution < -0.4 is 0 Å². The maximum absolute atomic E-state index is 14.6. The van der Waals surface area contributed by atoms with Crippen molar-refractivity contribution in [3.8, 4) is 0 Å². The second kappa shape index (κ2) is 28.6. The first-order valence-corrected chi connectivity index (χ1v) is 28.0. The Kier molecular flexibility index (Phi) is 23.2. The van der Waals surface area contributed by atoms with Crippen molar-refractivity contribution < 1.29 is 82.3 Å². The Labute approximate surface area is 449 Å². The van der Waals surface area contributed by atoms with Crippen molar-refractivity contribution in [1.82, 2.24) is 4.90 Å². The van der Waals surface area contributed by atoms with Gasteiger partial charge in [0.05, 0.1) is 50.8 Å². The Hall–Kier alpha value is -3.53. The van der Waals surface area contributed by atoms with Crippen molar-refractivity contribution in [1.29, 1.82) is 0 Å². The number of rotatable bonds is 10. The van der Waals surface area contributed by atoms with E-state index in [-0.39, 0.29) is 93.8 Å². The number of nitrogens with zero attached hydrogens (tertiary/aromatic N) is 1. The van der Waals surface area contributed by atoms with Crippen LogP contribution in [0.3, 0.4) is 0 Å². The molecule has 1 aliphatic carbocycles. The Morgan fingerprint density at radius 2 is 1.55 bits per heavy atom. The van der Waals surface area contributed by atoms with Gasteiger partial charge in [0, 0.05) is 51.4 Å². The quantitative estimate of drug-likeness (QED) is 0.126. The van der Waals surface area contributed by atoms with Gasteiger partial charge in [0.1, 0.15) is 54.6 Å². The number of hydrogen-bond donors (Lipinski definition) is 4. The largest absolute Gasteiger partial charge is 0.460 e. The third-order valence-electron chi connectivity index (χ3n) is 16.9. The number of fused-ring (bicyclic) bond motifs is 4. The van der Waals surface area contributed by atoms with Gasteiger partial charge in [-0.3, -0.25) is 19.2 Å². The smallest absolute Gasteiger partial charge is 0.329 e. The number of carbonyl (C=O) groups excluding carboxylic acids is 5. The molecule has 0 spiro atoms. The summed E-state index contributed by atoms with van der Waals surface area (Å²) in [6.45, 7) is 13.1. The molecule has 4 saturated heterocycles. The highest BCUT2D eigenvalue weighted by Gasteiger charge is 2.54. The Bertz CT molecular complexity index is 2090. The summed E-state index contributed by atoms with van der Waals surface area (Å²) < 4.78 is 48.7. The molecule has 76 heavy (non-hydrogen) atoms. The normalized spacial score (nSPS) is 42.0. The van der Waals surface area contributed by atoms with E-state index in [1.54, 1.807) is 40.9 Å².